The lowest BCUT2D eigenvalue weighted by Gasteiger charge is -2.29. The van der Waals surface area contributed by atoms with Gasteiger partial charge in [0.1, 0.15) is 0 Å². The molecule has 1 N–H and O–H groups in total. The van der Waals surface area contributed by atoms with E-state index in [1.54, 1.807) is 0 Å². The molecule has 0 aliphatic heterocycles. The molecule has 0 bridgehead atoms. The van der Waals surface area contributed by atoms with Crippen molar-refractivity contribution < 1.29 is 9.53 Å². The van der Waals surface area contributed by atoms with Gasteiger partial charge in [0.2, 0.25) is 5.91 Å². The van der Waals surface area contributed by atoms with E-state index in [-0.39, 0.29) is 17.0 Å². The van der Waals surface area contributed by atoms with E-state index in [9.17, 15) is 4.79 Å². The van der Waals surface area contributed by atoms with Gasteiger partial charge in [-0.2, -0.15) is 0 Å². The second kappa shape index (κ2) is 7.03. The number of ether oxygens (including phenoxy) is 1. The van der Waals surface area contributed by atoms with Crippen LogP contribution >= 0.6 is 15.9 Å². The Bertz CT molecular complexity index is 292. The summed E-state index contributed by atoms with van der Waals surface area (Å²) >= 11 is 3.12. The number of halogens is 1. The van der Waals surface area contributed by atoms with Gasteiger partial charge in [-0.15, -0.1) is 12.3 Å². The number of nitrogens with one attached hydrogen (secondary N) is 1. The molecule has 0 aromatic rings. The van der Waals surface area contributed by atoms with Gasteiger partial charge >= 0.3 is 0 Å². The lowest BCUT2D eigenvalue weighted by molar-refractivity contribution is -0.120. The quantitative estimate of drug-likeness (QED) is 0.580. The largest absolute Gasteiger partial charge is 0.374 e. The molecule has 3 nitrogen and oxygen atoms in total. The van der Waals surface area contributed by atoms with Gasteiger partial charge in [0.05, 0.1) is 10.9 Å². The zero-order valence-corrected chi connectivity index (χ0v) is 12.7. The molecule has 0 heterocycles. The summed E-state index contributed by atoms with van der Waals surface area (Å²) in [6, 6.07) is 0. The van der Waals surface area contributed by atoms with Crippen LogP contribution < -0.4 is 5.32 Å². The smallest absolute Gasteiger partial charge is 0.231 e. The molecule has 98 valence electrons. The van der Waals surface area contributed by atoms with Crippen LogP contribution in [0.15, 0.2) is 0 Å². The molecule has 0 rings (SSSR count). The van der Waals surface area contributed by atoms with Gasteiger partial charge in [-0.3, -0.25) is 4.79 Å². The van der Waals surface area contributed by atoms with Crippen molar-refractivity contribution in [2.24, 2.45) is 0 Å². The first kappa shape index (κ1) is 16.5. The van der Waals surface area contributed by atoms with Crippen LogP contribution in [0.4, 0.5) is 0 Å². The van der Waals surface area contributed by atoms with Crippen molar-refractivity contribution in [3.63, 3.8) is 0 Å². The molecule has 0 saturated carbocycles. The number of rotatable bonds is 7. The molecule has 0 unspecified atom stereocenters. The summed E-state index contributed by atoms with van der Waals surface area (Å²) in [5.74, 6) is 2.58. The van der Waals surface area contributed by atoms with Gasteiger partial charge in [0, 0.05) is 18.6 Å². The van der Waals surface area contributed by atoms with E-state index in [1.807, 2.05) is 27.7 Å². The molecule has 0 radical (unpaired) electrons. The molecule has 0 aromatic carbocycles. The van der Waals surface area contributed by atoms with Crippen molar-refractivity contribution in [2.45, 2.75) is 51.7 Å². The highest BCUT2D eigenvalue weighted by atomic mass is 79.9. The Morgan fingerprint density at radius 1 is 1.41 bits per heavy atom. The number of hydrogen-bond acceptors (Lipinski definition) is 2. The lowest BCUT2D eigenvalue weighted by atomic mass is 10.0. The maximum atomic E-state index is 11.3. The molecular weight excluding hydrogens is 282 g/mol. The van der Waals surface area contributed by atoms with E-state index in [0.29, 0.717) is 18.4 Å². The molecule has 0 atom stereocenters. The number of alkyl halides is 1. The Hall–Kier alpha value is -0.530. The van der Waals surface area contributed by atoms with Crippen molar-refractivity contribution in [3.05, 3.63) is 0 Å². The number of amides is 1. The van der Waals surface area contributed by atoms with E-state index in [2.05, 4.69) is 27.2 Å². The molecule has 0 saturated heterocycles. The normalized spacial score (nSPS) is 12.0. The van der Waals surface area contributed by atoms with Crippen LogP contribution in [0.3, 0.4) is 0 Å². The number of carbonyl (C=O) groups is 1. The summed E-state index contributed by atoms with van der Waals surface area (Å²) in [7, 11) is 0. The molecular formula is C13H22BrNO2. The maximum Gasteiger partial charge on any atom is 0.231 e. The van der Waals surface area contributed by atoms with E-state index < -0.39 is 0 Å². The number of carbonyl (C=O) groups excluding carboxylic acids is 1. The third kappa shape index (κ3) is 8.23. The second-order valence-corrected chi connectivity index (χ2v) is 5.87. The van der Waals surface area contributed by atoms with Crippen molar-refractivity contribution in [2.75, 3.05) is 11.9 Å². The van der Waals surface area contributed by atoms with E-state index in [0.717, 1.165) is 6.42 Å². The molecule has 0 aromatic heterocycles. The van der Waals surface area contributed by atoms with Gasteiger partial charge in [0.25, 0.3) is 0 Å². The van der Waals surface area contributed by atoms with E-state index in [4.69, 9.17) is 11.2 Å². The Balaban J connectivity index is 4.03. The minimum atomic E-state index is -0.301. The van der Waals surface area contributed by atoms with Gasteiger partial charge in [-0.05, 0) is 34.1 Å². The van der Waals surface area contributed by atoms with E-state index >= 15 is 0 Å². The highest BCUT2D eigenvalue weighted by Gasteiger charge is 2.22. The molecule has 4 heteroatoms. The van der Waals surface area contributed by atoms with Crippen LogP contribution in [-0.4, -0.2) is 29.0 Å². The maximum absolute atomic E-state index is 11.3. The second-order valence-electron chi connectivity index (χ2n) is 5.30. The van der Waals surface area contributed by atoms with Crippen molar-refractivity contribution in [1.29, 1.82) is 0 Å². The van der Waals surface area contributed by atoms with E-state index in [1.165, 1.54) is 0 Å². The summed E-state index contributed by atoms with van der Waals surface area (Å²) in [5, 5.41) is 3.24. The van der Waals surface area contributed by atoms with Crippen LogP contribution in [0.25, 0.3) is 0 Å². The van der Waals surface area contributed by atoms with Crippen molar-refractivity contribution >= 4 is 21.8 Å². The SMILES string of the molecule is C#CCC(C)(C)OCCC(C)(C)NC(=O)CBr. The fraction of sp³-hybridized carbons (Fsp3) is 0.769. The first-order chi connectivity index (χ1) is 7.72. The van der Waals surface area contributed by atoms with Gasteiger partial charge in [-0.1, -0.05) is 15.9 Å². The molecule has 1 amide bonds. The molecule has 0 aliphatic rings. The molecule has 0 spiro atoms. The summed E-state index contributed by atoms with van der Waals surface area (Å²) < 4.78 is 5.72. The number of terminal acetylenes is 1. The predicted octanol–water partition coefficient (Wildman–Crippen LogP) is 2.48. The topological polar surface area (TPSA) is 38.3 Å². The van der Waals surface area contributed by atoms with Gasteiger partial charge in [0.15, 0.2) is 0 Å². The van der Waals surface area contributed by atoms with Crippen molar-refractivity contribution in [3.8, 4) is 12.3 Å². The first-order valence-electron chi connectivity index (χ1n) is 5.67. The minimum absolute atomic E-state index is 0.0158. The predicted molar refractivity (Wildman–Crippen MR) is 74.1 cm³/mol. The van der Waals surface area contributed by atoms with Crippen LogP contribution in [0.5, 0.6) is 0 Å². The van der Waals surface area contributed by atoms with Gasteiger partial charge in [-0.25, -0.2) is 0 Å². The molecule has 0 fully saturated rings. The van der Waals surface area contributed by atoms with Gasteiger partial charge < -0.3 is 10.1 Å². The summed E-state index contributed by atoms with van der Waals surface area (Å²) in [4.78, 5) is 11.3. The first-order valence-corrected chi connectivity index (χ1v) is 6.79. The average molecular weight is 304 g/mol. The standard InChI is InChI=1S/C13H22BrNO2/c1-6-7-13(4,5)17-9-8-12(2,3)15-11(16)10-14/h1H,7-10H2,2-5H3,(H,15,16). The monoisotopic (exact) mass is 303 g/mol. The number of hydrogen-bond donors (Lipinski definition) is 1. The Kier molecular flexibility index (Phi) is 6.81. The van der Waals surface area contributed by atoms with Crippen LogP contribution in [0.1, 0.15) is 40.5 Å². The third-order valence-electron chi connectivity index (χ3n) is 2.35. The zero-order chi connectivity index (χ0) is 13.5. The fourth-order valence-corrected chi connectivity index (χ4v) is 1.49. The summed E-state index contributed by atoms with van der Waals surface area (Å²) in [5.41, 5.74) is -0.568. The Labute approximate surface area is 113 Å². The van der Waals surface area contributed by atoms with Crippen LogP contribution in [0, 0.1) is 12.3 Å². The molecule has 17 heavy (non-hydrogen) atoms. The lowest BCUT2D eigenvalue weighted by Crippen LogP contribution is -2.45. The zero-order valence-electron chi connectivity index (χ0n) is 11.1. The molecule has 0 aliphatic carbocycles. The fourth-order valence-electron chi connectivity index (χ4n) is 1.35. The highest BCUT2D eigenvalue weighted by Crippen LogP contribution is 2.16. The highest BCUT2D eigenvalue weighted by molar-refractivity contribution is 9.09. The van der Waals surface area contributed by atoms with Crippen LogP contribution in [0.2, 0.25) is 0 Å². The minimum Gasteiger partial charge on any atom is -0.374 e. The van der Waals surface area contributed by atoms with Crippen molar-refractivity contribution in [1.82, 2.24) is 5.32 Å². The Morgan fingerprint density at radius 2 is 2.00 bits per heavy atom. The van der Waals surface area contributed by atoms with Crippen LogP contribution in [-0.2, 0) is 9.53 Å². The third-order valence-corrected chi connectivity index (χ3v) is 2.86. The summed E-state index contributed by atoms with van der Waals surface area (Å²) in [6.07, 6.45) is 6.60. The Morgan fingerprint density at radius 3 is 2.47 bits per heavy atom. The average Bonchev–Trinajstić information content (AvgIpc) is 2.15. The summed E-state index contributed by atoms with van der Waals surface area (Å²) in [6.45, 7) is 8.47.